The van der Waals surface area contributed by atoms with Gasteiger partial charge in [-0.2, -0.15) is 0 Å². The summed E-state index contributed by atoms with van der Waals surface area (Å²) in [7, 11) is 0. The van der Waals surface area contributed by atoms with Gasteiger partial charge in [0.15, 0.2) is 6.61 Å². The molecule has 0 saturated carbocycles. The molecule has 118 valence electrons. The summed E-state index contributed by atoms with van der Waals surface area (Å²) in [5, 5.41) is 2.72. The molecule has 0 unspecified atom stereocenters. The van der Waals surface area contributed by atoms with Gasteiger partial charge in [0.2, 0.25) is 0 Å². The molecule has 1 N–H and O–H groups in total. The van der Waals surface area contributed by atoms with Gasteiger partial charge in [0.05, 0.1) is 6.42 Å². The van der Waals surface area contributed by atoms with Gasteiger partial charge in [-0.25, -0.2) is 0 Å². The molecule has 0 aromatic heterocycles. The van der Waals surface area contributed by atoms with E-state index in [9.17, 15) is 14.4 Å². The molecule has 2 amide bonds. The van der Waals surface area contributed by atoms with Crippen LogP contribution in [0.15, 0.2) is 54.6 Å². The lowest BCUT2D eigenvalue weighted by Crippen LogP contribution is -2.34. The molecule has 0 bridgehead atoms. The molecule has 0 aliphatic rings. The fraction of sp³-hybridized carbons (Fsp3) is 0.118. The lowest BCUT2D eigenvalue weighted by Gasteiger charge is -2.06. The minimum atomic E-state index is -0.677. The minimum absolute atomic E-state index is 0.0249. The van der Waals surface area contributed by atoms with Crippen LogP contribution in [0.3, 0.4) is 0 Å². The summed E-state index contributed by atoms with van der Waals surface area (Å²) in [4.78, 5) is 35.0. The maximum Gasteiger partial charge on any atom is 0.310 e. The molecule has 2 aromatic rings. The topological polar surface area (TPSA) is 72.5 Å². The van der Waals surface area contributed by atoms with E-state index in [1.165, 1.54) is 0 Å². The molecule has 0 heterocycles. The van der Waals surface area contributed by atoms with Crippen LogP contribution in [0.2, 0.25) is 5.02 Å². The molecule has 0 fully saturated rings. The number of nitrogens with one attached hydrogen (secondary N) is 1. The molecule has 5 nitrogen and oxygen atoms in total. The van der Waals surface area contributed by atoms with E-state index in [0.717, 1.165) is 5.56 Å². The number of halogens is 1. The van der Waals surface area contributed by atoms with Gasteiger partial charge in [-0.05, 0) is 29.8 Å². The Hall–Kier alpha value is -2.66. The monoisotopic (exact) mass is 331 g/mol. The summed E-state index contributed by atoms with van der Waals surface area (Å²) >= 11 is 5.75. The smallest absolute Gasteiger partial charge is 0.310 e. The number of esters is 1. The van der Waals surface area contributed by atoms with Crippen molar-refractivity contribution in [3.63, 3.8) is 0 Å². The van der Waals surface area contributed by atoms with Crippen molar-refractivity contribution in [3.05, 3.63) is 70.7 Å². The fourth-order valence-electron chi connectivity index (χ4n) is 1.79. The largest absolute Gasteiger partial charge is 0.455 e. The third-order valence-corrected chi connectivity index (χ3v) is 3.17. The molecule has 6 heteroatoms. The lowest BCUT2D eigenvalue weighted by molar-refractivity contribution is -0.147. The maximum absolute atomic E-state index is 11.7. The Morgan fingerprint density at radius 2 is 1.61 bits per heavy atom. The molecule has 2 rings (SSSR count). The fourth-order valence-corrected chi connectivity index (χ4v) is 1.92. The van der Waals surface area contributed by atoms with Gasteiger partial charge in [0.25, 0.3) is 11.8 Å². The zero-order valence-electron chi connectivity index (χ0n) is 12.1. The van der Waals surface area contributed by atoms with Crippen molar-refractivity contribution in [1.82, 2.24) is 5.32 Å². The summed E-state index contributed by atoms with van der Waals surface area (Å²) in [6.45, 7) is -0.509. The SMILES string of the molecule is O=C(COC(=O)Cc1ccc(Cl)cc1)NC(=O)c1ccccc1. The van der Waals surface area contributed by atoms with Gasteiger partial charge in [-0.1, -0.05) is 41.9 Å². The normalized spacial score (nSPS) is 9.96. The van der Waals surface area contributed by atoms with Gasteiger partial charge in [-0.3, -0.25) is 19.7 Å². The van der Waals surface area contributed by atoms with E-state index in [1.54, 1.807) is 54.6 Å². The first-order valence-corrected chi connectivity index (χ1v) is 7.21. The molecule has 2 aromatic carbocycles. The highest BCUT2D eigenvalue weighted by Gasteiger charge is 2.12. The number of ether oxygens (including phenoxy) is 1. The van der Waals surface area contributed by atoms with Crippen molar-refractivity contribution in [1.29, 1.82) is 0 Å². The molecular weight excluding hydrogens is 318 g/mol. The highest BCUT2D eigenvalue weighted by atomic mass is 35.5. The van der Waals surface area contributed by atoms with Crippen LogP contribution in [-0.2, 0) is 20.7 Å². The van der Waals surface area contributed by atoms with Crippen LogP contribution in [0, 0.1) is 0 Å². The highest BCUT2D eigenvalue weighted by molar-refractivity contribution is 6.30. The van der Waals surface area contributed by atoms with E-state index in [1.807, 2.05) is 0 Å². The van der Waals surface area contributed by atoms with E-state index in [2.05, 4.69) is 5.32 Å². The summed E-state index contributed by atoms with van der Waals surface area (Å²) in [5.41, 5.74) is 1.08. The number of imide groups is 1. The average molecular weight is 332 g/mol. The summed E-state index contributed by atoms with van der Waals surface area (Å²) < 4.78 is 4.84. The third kappa shape index (κ3) is 5.56. The Balaban J connectivity index is 1.76. The lowest BCUT2D eigenvalue weighted by atomic mass is 10.1. The molecule has 0 radical (unpaired) electrons. The Morgan fingerprint density at radius 3 is 2.26 bits per heavy atom. The standard InChI is InChI=1S/C17H14ClNO4/c18-14-8-6-12(7-9-14)10-16(21)23-11-15(20)19-17(22)13-4-2-1-3-5-13/h1-9H,10-11H2,(H,19,20,22). The Bertz CT molecular complexity index is 698. The van der Waals surface area contributed by atoms with Crippen LogP contribution in [0.25, 0.3) is 0 Å². The van der Waals surface area contributed by atoms with Crippen molar-refractivity contribution in [2.24, 2.45) is 0 Å². The van der Waals surface area contributed by atoms with E-state index in [-0.39, 0.29) is 6.42 Å². The zero-order chi connectivity index (χ0) is 16.7. The van der Waals surface area contributed by atoms with Crippen molar-refractivity contribution in [2.75, 3.05) is 6.61 Å². The number of rotatable bonds is 5. The predicted molar refractivity (Wildman–Crippen MR) is 85.0 cm³/mol. The summed E-state index contributed by atoms with van der Waals surface area (Å²) in [6.07, 6.45) is 0.0249. The first-order valence-electron chi connectivity index (χ1n) is 6.84. The van der Waals surface area contributed by atoms with Crippen LogP contribution >= 0.6 is 11.6 Å². The number of benzene rings is 2. The minimum Gasteiger partial charge on any atom is -0.455 e. The molecule has 0 spiro atoms. The molecule has 0 aliphatic carbocycles. The first kappa shape index (κ1) is 16.7. The number of carbonyl (C=O) groups is 3. The van der Waals surface area contributed by atoms with Gasteiger partial charge in [-0.15, -0.1) is 0 Å². The Labute approximate surface area is 138 Å². The van der Waals surface area contributed by atoms with E-state index >= 15 is 0 Å². The van der Waals surface area contributed by atoms with Crippen LogP contribution in [0.4, 0.5) is 0 Å². The van der Waals surface area contributed by atoms with Gasteiger partial charge >= 0.3 is 5.97 Å². The molecule has 23 heavy (non-hydrogen) atoms. The van der Waals surface area contributed by atoms with Crippen LogP contribution in [0.1, 0.15) is 15.9 Å². The van der Waals surface area contributed by atoms with E-state index in [0.29, 0.717) is 10.6 Å². The number of hydrogen-bond acceptors (Lipinski definition) is 4. The van der Waals surface area contributed by atoms with Gasteiger partial charge in [0.1, 0.15) is 0 Å². The molecule has 0 aliphatic heterocycles. The molecule has 0 saturated heterocycles. The predicted octanol–water partition coefficient (Wildman–Crippen LogP) is 2.38. The first-order chi connectivity index (χ1) is 11.0. The highest BCUT2D eigenvalue weighted by Crippen LogP contribution is 2.10. The van der Waals surface area contributed by atoms with Crippen molar-refractivity contribution in [2.45, 2.75) is 6.42 Å². The van der Waals surface area contributed by atoms with Gasteiger partial charge in [0, 0.05) is 10.6 Å². The van der Waals surface area contributed by atoms with Crippen molar-refractivity contribution >= 4 is 29.4 Å². The number of amides is 2. The summed E-state index contributed by atoms with van der Waals surface area (Å²) in [5.74, 6) is -1.78. The maximum atomic E-state index is 11.7. The van der Waals surface area contributed by atoms with E-state index < -0.39 is 24.4 Å². The van der Waals surface area contributed by atoms with Crippen molar-refractivity contribution < 1.29 is 19.1 Å². The second-order valence-corrected chi connectivity index (χ2v) is 5.14. The van der Waals surface area contributed by atoms with E-state index in [4.69, 9.17) is 16.3 Å². The van der Waals surface area contributed by atoms with Crippen LogP contribution in [-0.4, -0.2) is 24.4 Å². The molecular formula is C17H14ClNO4. The average Bonchev–Trinajstić information content (AvgIpc) is 2.56. The second-order valence-electron chi connectivity index (χ2n) is 4.71. The van der Waals surface area contributed by atoms with Crippen LogP contribution in [0.5, 0.6) is 0 Å². The van der Waals surface area contributed by atoms with Gasteiger partial charge < -0.3 is 4.74 Å². The molecule has 0 atom stereocenters. The van der Waals surface area contributed by atoms with Crippen molar-refractivity contribution in [3.8, 4) is 0 Å². The Kier molecular flexibility index (Phi) is 5.88. The van der Waals surface area contributed by atoms with Crippen LogP contribution < -0.4 is 5.32 Å². The summed E-state index contributed by atoms with van der Waals surface area (Å²) in [6, 6.07) is 15.0. The second kappa shape index (κ2) is 8.10. The Morgan fingerprint density at radius 1 is 0.957 bits per heavy atom. The number of carbonyl (C=O) groups excluding carboxylic acids is 3. The number of hydrogen-bond donors (Lipinski definition) is 1. The quantitative estimate of drug-likeness (QED) is 0.854. The zero-order valence-corrected chi connectivity index (χ0v) is 12.9. The third-order valence-electron chi connectivity index (χ3n) is 2.91.